The first kappa shape index (κ1) is 10.4. The SMILES string of the molecule is CC1(C2CCCCN2)OCC(CN)O1. The fourth-order valence-corrected chi connectivity index (χ4v) is 2.26. The molecular weight excluding hydrogens is 180 g/mol. The van der Waals surface area contributed by atoms with E-state index in [-0.39, 0.29) is 6.10 Å². The normalized spacial score (nSPS) is 44.1. The minimum atomic E-state index is -0.454. The lowest BCUT2D eigenvalue weighted by Gasteiger charge is -2.36. The highest BCUT2D eigenvalue weighted by atomic mass is 16.7. The number of hydrogen-bond donors (Lipinski definition) is 2. The average molecular weight is 200 g/mol. The molecule has 4 nitrogen and oxygen atoms in total. The van der Waals surface area contributed by atoms with Gasteiger partial charge in [-0.2, -0.15) is 0 Å². The van der Waals surface area contributed by atoms with Crippen molar-refractivity contribution in [1.29, 1.82) is 0 Å². The Bertz CT molecular complexity index is 195. The summed E-state index contributed by atoms with van der Waals surface area (Å²) in [6.07, 6.45) is 3.72. The summed E-state index contributed by atoms with van der Waals surface area (Å²) >= 11 is 0. The molecule has 3 atom stereocenters. The van der Waals surface area contributed by atoms with E-state index in [1.807, 2.05) is 6.92 Å². The molecule has 0 aromatic carbocycles. The molecule has 82 valence electrons. The second-order valence-electron chi connectivity index (χ2n) is 4.31. The first-order valence-corrected chi connectivity index (χ1v) is 5.50. The Kier molecular flexibility index (Phi) is 3.07. The number of ether oxygens (including phenoxy) is 2. The maximum atomic E-state index is 5.83. The Morgan fingerprint density at radius 3 is 2.93 bits per heavy atom. The van der Waals surface area contributed by atoms with Gasteiger partial charge in [0.15, 0.2) is 5.79 Å². The Balaban J connectivity index is 1.94. The molecule has 3 unspecified atom stereocenters. The molecule has 0 aliphatic carbocycles. The van der Waals surface area contributed by atoms with E-state index in [0.717, 1.165) is 13.0 Å². The molecule has 2 saturated heterocycles. The summed E-state index contributed by atoms with van der Waals surface area (Å²) in [5.74, 6) is -0.454. The number of rotatable bonds is 2. The van der Waals surface area contributed by atoms with Gasteiger partial charge in [0.05, 0.1) is 18.8 Å². The summed E-state index contributed by atoms with van der Waals surface area (Å²) < 4.78 is 11.5. The van der Waals surface area contributed by atoms with Crippen molar-refractivity contribution < 1.29 is 9.47 Å². The van der Waals surface area contributed by atoms with Crippen LogP contribution in [0.1, 0.15) is 26.2 Å². The van der Waals surface area contributed by atoms with Crippen LogP contribution in [0.2, 0.25) is 0 Å². The lowest BCUT2D eigenvalue weighted by atomic mass is 9.98. The van der Waals surface area contributed by atoms with Crippen molar-refractivity contribution in [3.63, 3.8) is 0 Å². The third-order valence-corrected chi connectivity index (χ3v) is 3.16. The topological polar surface area (TPSA) is 56.5 Å². The highest BCUT2D eigenvalue weighted by Gasteiger charge is 2.43. The molecule has 2 aliphatic heterocycles. The van der Waals surface area contributed by atoms with Gasteiger partial charge in [0.1, 0.15) is 0 Å². The van der Waals surface area contributed by atoms with E-state index in [9.17, 15) is 0 Å². The van der Waals surface area contributed by atoms with E-state index < -0.39 is 5.79 Å². The van der Waals surface area contributed by atoms with Crippen LogP contribution >= 0.6 is 0 Å². The van der Waals surface area contributed by atoms with Gasteiger partial charge in [-0.15, -0.1) is 0 Å². The van der Waals surface area contributed by atoms with Crippen LogP contribution in [-0.2, 0) is 9.47 Å². The predicted molar refractivity (Wildman–Crippen MR) is 53.9 cm³/mol. The lowest BCUT2D eigenvalue weighted by molar-refractivity contribution is -0.178. The number of hydrogen-bond acceptors (Lipinski definition) is 4. The fraction of sp³-hybridized carbons (Fsp3) is 1.00. The molecule has 0 amide bonds. The molecule has 2 heterocycles. The van der Waals surface area contributed by atoms with Gasteiger partial charge in [-0.3, -0.25) is 0 Å². The molecule has 4 heteroatoms. The fourth-order valence-electron chi connectivity index (χ4n) is 2.26. The molecule has 0 spiro atoms. The molecule has 0 aromatic heterocycles. The first-order valence-electron chi connectivity index (χ1n) is 5.50. The van der Waals surface area contributed by atoms with Crippen molar-refractivity contribution in [3.05, 3.63) is 0 Å². The summed E-state index contributed by atoms with van der Waals surface area (Å²) in [5.41, 5.74) is 5.56. The standard InChI is InChI=1S/C10H20N2O2/c1-10(9-4-2-3-5-12-9)13-7-8(6-11)14-10/h8-9,12H,2-7,11H2,1H3. The Morgan fingerprint density at radius 1 is 1.50 bits per heavy atom. The lowest BCUT2D eigenvalue weighted by Crippen LogP contribution is -2.52. The van der Waals surface area contributed by atoms with Gasteiger partial charge in [0.25, 0.3) is 0 Å². The predicted octanol–water partition coefficient (Wildman–Crippen LogP) is 0.219. The Hall–Kier alpha value is -0.160. The maximum Gasteiger partial charge on any atom is 0.181 e. The zero-order chi connectivity index (χ0) is 10.0. The summed E-state index contributed by atoms with van der Waals surface area (Å²) in [6, 6.07) is 0.327. The second-order valence-corrected chi connectivity index (χ2v) is 4.31. The summed E-state index contributed by atoms with van der Waals surface area (Å²) in [6.45, 7) is 4.26. The molecule has 2 rings (SSSR count). The van der Waals surface area contributed by atoms with Crippen molar-refractivity contribution in [2.75, 3.05) is 19.7 Å². The van der Waals surface area contributed by atoms with Crippen LogP contribution in [0.5, 0.6) is 0 Å². The molecule has 2 aliphatic rings. The van der Waals surface area contributed by atoms with Crippen molar-refractivity contribution in [2.45, 2.75) is 44.1 Å². The van der Waals surface area contributed by atoms with Crippen molar-refractivity contribution in [3.8, 4) is 0 Å². The third-order valence-electron chi connectivity index (χ3n) is 3.16. The van der Waals surface area contributed by atoms with E-state index >= 15 is 0 Å². The second kappa shape index (κ2) is 4.14. The van der Waals surface area contributed by atoms with Gasteiger partial charge in [0.2, 0.25) is 0 Å². The molecule has 0 bridgehead atoms. The summed E-state index contributed by atoms with van der Waals surface area (Å²) in [4.78, 5) is 0. The van der Waals surface area contributed by atoms with E-state index in [2.05, 4.69) is 5.32 Å². The van der Waals surface area contributed by atoms with Crippen LogP contribution in [0, 0.1) is 0 Å². The molecule has 3 N–H and O–H groups in total. The van der Waals surface area contributed by atoms with E-state index in [1.54, 1.807) is 0 Å². The van der Waals surface area contributed by atoms with Gasteiger partial charge >= 0.3 is 0 Å². The monoisotopic (exact) mass is 200 g/mol. The van der Waals surface area contributed by atoms with Crippen LogP contribution < -0.4 is 11.1 Å². The smallest absolute Gasteiger partial charge is 0.181 e. The average Bonchev–Trinajstić information content (AvgIpc) is 2.63. The molecule has 0 saturated carbocycles. The maximum absolute atomic E-state index is 5.83. The van der Waals surface area contributed by atoms with E-state index in [0.29, 0.717) is 19.2 Å². The zero-order valence-corrected chi connectivity index (χ0v) is 8.79. The van der Waals surface area contributed by atoms with Crippen molar-refractivity contribution >= 4 is 0 Å². The largest absolute Gasteiger partial charge is 0.346 e. The van der Waals surface area contributed by atoms with Crippen molar-refractivity contribution in [1.82, 2.24) is 5.32 Å². The van der Waals surface area contributed by atoms with Gasteiger partial charge in [0, 0.05) is 6.54 Å². The van der Waals surface area contributed by atoms with Gasteiger partial charge in [-0.25, -0.2) is 0 Å². The third kappa shape index (κ3) is 1.93. The van der Waals surface area contributed by atoms with E-state index in [4.69, 9.17) is 15.2 Å². The van der Waals surface area contributed by atoms with Crippen molar-refractivity contribution in [2.24, 2.45) is 5.73 Å². The molecular formula is C10H20N2O2. The number of nitrogens with two attached hydrogens (primary N) is 1. The minimum absolute atomic E-state index is 0.0729. The quantitative estimate of drug-likeness (QED) is 0.669. The molecule has 2 fully saturated rings. The molecule has 0 radical (unpaired) electrons. The molecule has 0 aromatic rings. The van der Waals surface area contributed by atoms with Crippen LogP contribution in [0.15, 0.2) is 0 Å². The van der Waals surface area contributed by atoms with Crippen LogP contribution in [-0.4, -0.2) is 37.6 Å². The van der Waals surface area contributed by atoms with Crippen LogP contribution in [0.4, 0.5) is 0 Å². The first-order chi connectivity index (χ1) is 6.74. The zero-order valence-electron chi connectivity index (χ0n) is 8.79. The van der Waals surface area contributed by atoms with Crippen LogP contribution in [0.3, 0.4) is 0 Å². The van der Waals surface area contributed by atoms with Gasteiger partial charge < -0.3 is 20.5 Å². The summed E-state index contributed by atoms with van der Waals surface area (Å²) in [7, 11) is 0. The van der Waals surface area contributed by atoms with E-state index in [1.165, 1.54) is 12.8 Å². The van der Waals surface area contributed by atoms with Gasteiger partial charge in [-0.1, -0.05) is 6.42 Å². The van der Waals surface area contributed by atoms with Crippen LogP contribution in [0.25, 0.3) is 0 Å². The minimum Gasteiger partial charge on any atom is -0.346 e. The van der Waals surface area contributed by atoms with Gasteiger partial charge in [-0.05, 0) is 26.3 Å². The molecule has 14 heavy (non-hydrogen) atoms. The summed E-state index contributed by atoms with van der Waals surface area (Å²) in [5, 5.41) is 3.46. The Labute approximate surface area is 85.1 Å². The highest BCUT2D eigenvalue weighted by molar-refractivity contribution is 4.89. The number of nitrogens with one attached hydrogen (secondary N) is 1. The Morgan fingerprint density at radius 2 is 2.36 bits per heavy atom. The number of piperidine rings is 1. The highest BCUT2D eigenvalue weighted by Crippen LogP contribution is 2.30.